The van der Waals surface area contributed by atoms with Crippen molar-refractivity contribution in [2.24, 2.45) is 23.0 Å². The number of nitrogens with two attached hydrogens (primary N) is 1. The van der Waals surface area contributed by atoms with E-state index >= 15 is 0 Å². The summed E-state index contributed by atoms with van der Waals surface area (Å²) in [5, 5.41) is 0. The quantitative estimate of drug-likeness (QED) is 0.779. The van der Waals surface area contributed by atoms with E-state index in [1.165, 1.54) is 12.8 Å². The normalized spacial score (nSPS) is 39.1. The first kappa shape index (κ1) is 15.7. The van der Waals surface area contributed by atoms with Gasteiger partial charge in [0.05, 0.1) is 12.7 Å². The molecular weight excluding hydrogens is 264 g/mol. The molecule has 2 aliphatic carbocycles. The Balaban J connectivity index is 1.71. The predicted octanol–water partition coefficient (Wildman–Crippen LogP) is 1.88. The summed E-state index contributed by atoms with van der Waals surface area (Å²) in [6.07, 6.45) is 4.24. The minimum absolute atomic E-state index is 0.0722. The van der Waals surface area contributed by atoms with E-state index < -0.39 is 0 Å². The van der Waals surface area contributed by atoms with Crippen molar-refractivity contribution in [3.63, 3.8) is 0 Å². The molecule has 1 saturated heterocycles. The highest BCUT2D eigenvalue weighted by Gasteiger charge is 2.67. The summed E-state index contributed by atoms with van der Waals surface area (Å²) < 4.78 is 11.2. The zero-order valence-electron chi connectivity index (χ0n) is 14.1. The second kappa shape index (κ2) is 5.48. The third-order valence-corrected chi connectivity index (χ3v) is 6.59. The molecule has 4 nitrogen and oxygen atoms in total. The van der Waals surface area contributed by atoms with Gasteiger partial charge in [-0.2, -0.15) is 0 Å². The number of nitrogens with zero attached hydrogens (tertiary/aromatic N) is 1. The molecule has 2 saturated carbocycles. The molecule has 4 heteroatoms. The molecule has 0 aromatic heterocycles. The van der Waals surface area contributed by atoms with Crippen LogP contribution in [-0.2, 0) is 9.47 Å². The lowest BCUT2D eigenvalue weighted by molar-refractivity contribution is -0.166. The van der Waals surface area contributed by atoms with E-state index in [9.17, 15) is 0 Å². The van der Waals surface area contributed by atoms with E-state index in [0.29, 0.717) is 18.1 Å². The topological polar surface area (TPSA) is 47.7 Å². The molecule has 0 bridgehead atoms. The molecule has 1 aliphatic heterocycles. The minimum atomic E-state index is -0.120. The van der Waals surface area contributed by atoms with Gasteiger partial charge in [0.25, 0.3) is 0 Å². The molecule has 122 valence electrons. The van der Waals surface area contributed by atoms with Crippen LogP contribution in [0.25, 0.3) is 0 Å². The summed E-state index contributed by atoms with van der Waals surface area (Å²) in [6.45, 7) is 10.6. The average molecular weight is 296 g/mol. The van der Waals surface area contributed by atoms with Crippen LogP contribution in [0.5, 0.6) is 0 Å². The van der Waals surface area contributed by atoms with Crippen LogP contribution in [0.2, 0.25) is 0 Å². The second-order valence-corrected chi connectivity index (χ2v) is 7.99. The van der Waals surface area contributed by atoms with Crippen molar-refractivity contribution >= 4 is 0 Å². The monoisotopic (exact) mass is 296 g/mol. The molecule has 0 spiro atoms. The van der Waals surface area contributed by atoms with Gasteiger partial charge in [-0.3, -0.25) is 4.90 Å². The second-order valence-electron chi connectivity index (χ2n) is 7.99. The summed E-state index contributed by atoms with van der Waals surface area (Å²) in [7, 11) is 1.78. The fourth-order valence-corrected chi connectivity index (χ4v) is 4.64. The third-order valence-electron chi connectivity index (χ3n) is 6.59. The van der Waals surface area contributed by atoms with Crippen LogP contribution >= 0.6 is 0 Å². The van der Waals surface area contributed by atoms with Crippen molar-refractivity contribution in [2.75, 3.05) is 33.4 Å². The van der Waals surface area contributed by atoms with Gasteiger partial charge in [0.1, 0.15) is 0 Å². The number of hydrogen-bond acceptors (Lipinski definition) is 4. The van der Waals surface area contributed by atoms with Gasteiger partial charge in [0.15, 0.2) is 0 Å². The number of hydrogen-bond donors (Lipinski definition) is 1. The van der Waals surface area contributed by atoms with E-state index in [4.69, 9.17) is 15.2 Å². The van der Waals surface area contributed by atoms with Crippen LogP contribution < -0.4 is 5.73 Å². The molecule has 1 heterocycles. The first-order chi connectivity index (χ1) is 9.91. The Bertz CT molecular complexity index is 383. The summed E-state index contributed by atoms with van der Waals surface area (Å²) >= 11 is 0. The Hall–Kier alpha value is -0.160. The molecule has 0 aromatic rings. The van der Waals surface area contributed by atoms with Crippen molar-refractivity contribution in [1.29, 1.82) is 0 Å². The summed E-state index contributed by atoms with van der Waals surface area (Å²) in [4.78, 5) is 2.58. The highest BCUT2D eigenvalue weighted by molar-refractivity contribution is 5.22. The van der Waals surface area contributed by atoms with E-state index in [2.05, 4.69) is 25.7 Å². The van der Waals surface area contributed by atoms with Crippen molar-refractivity contribution in [3.05, 3.63) is 0 Å². The Kier molecular flexibility index (Phi) is 4.11. The first-order valence-corrected chi connectivity index (χ1v) is 8.55. The van der Waals surface area contributed by atoms with Crippen LogP contribution in [0.3, 0.4) is 0 Å². The third kappa shape index (κ3) is 2.44. The van der Waals surface area contributed by atoms with Crippen LogP contribution in [0.15, 0.2) is 0 Å². The molecule has 3 rings (SSSR count). The maximum atomic E-state index is 6.93. The predicted molar refractivity (Wildman–Crippen MR) is 84.2 cm³/mol. The molecule has 3 aliphatic rings. The smallest absolute Gasteiger partial charge is 0.0691 e. The number of fused-ring (bicyclic) bond motifs is 1. The van der Waals surface area contributed by atoms with Crippen LogP contribution in [0.1, 0.15) is 40.0 Å². The highest BCUT2D eigenvalue weighted by Crippen LogP contribution is 2.58. The number of methoxy groups -OCH3 is 1. The molecular formula is C17H32N2O2. The standard InChI is InChI=1S/C17H32N2O2/c1-12(13-5-6-13)19(8-10-20-4)11-17(18)14-7-9-21-15(14)16(17,2)3/h12-15H,5-11,18H2,1-4H3. The Morgan fingerprint density at radius 3 is 2.67 bits per heavy atom. The number of rotatable bonds is 7. The van der Waals surface area contributed by atoms with E-state index in [1.807, 2.05) is 0 Å². The zero-order valence-corrected chi connectivity index (χ0v) is 14.1. The van der Waals surface area contributed by atoms with Crippen molar-refractivity contribution in [1.82, 2.24) is 4.90 Å². The summed E-state index contributed by atoms with van der Waals surface area (Å²) in [5.41, 5.74) is 6.89. The molecule has 3 fully saturated rings. The van der Waals surface area contributed by atoms with Gasteiger partial charge in [0.2, 0.25) is 0 Å². The molecule has 0 amide bonds. The molecule has 0 aromatic carbocycles. The van der Waals surface area contributed by atoms with E-state index in [1.54, 1.807) is 7.11 Å². The van der Waals surface area contributed by atoms with E-state index in [-0.39, 0.29) is 11.0 Å². The van der Waals surface area contributed by atoms with Gasteiger partial charge in [0, 0.05) is 49.7 Å². The molecule has 0 radical (unpaired) electrons. The zero-order chi connectivity index (χ0) is 15.3. The lowest BCUT2D eigenvalue weighted by Crippen LogP contribution is -2.78. The van der Waals surface area contributed by atoms with Crippen LogP contribution in [0.4, 0.5) is 0 Å². The van der Waals surface area contributed by atoms with Gasteiger partial charge in [-0.05, 0) is 32.1 Å². The van der Waals surface area contributed by atoms with Crippen LogP contribution in [0, 0.1) is 17.3 Å². The van der Waals surface area contributed by atoms with E-state index in [0.717, 1.165) is 38.6 Å². The highest BCUT2D eigenvalue weighted by atomic mass is 16.5. The fourth-order valence-electron chi connectivity index (χ4n) is 4.64. The molecule has 4 atom stereocenters. The minimum Gasteiger partial charge on any atom is -0.383 e. The van der Waals surface area contributed by atoms with Gasteiger partial charge in [-0.25, -0.2) is 0 Å². The lowest BCUT2D eigenvalue weighted by Gasteiger charge is -2.63. The van der Waals surface area contributed by atoms with Crippen molar-refractivity contribution in [3.8, 4) is 0 Å². The lowest BCUT2D eigenvalue weighted by atomic mass is 9.48. The summed E-state index contributed by atoms with van der Waals surface area (Å²) in [5.74, 6) is 1.40. The largest absolute Gasteiger partial charge is 0.383 e. The number of ether oxygens (including phenoxy) is 2. The Labute approximate surface area is 129 Å². The molecule has 2 N–H and O–H groups in total. The van der Waals surface area contributed by atoms with Gasteiger partial charge >= 0.3 is 0 Å². The average Bonchev–Trinajstić information content (AvgIpc) is 3.18. The van der Waals surface area contributed by atoms with Crippen molar-refractivity contribution < 1.29 is 9.47 Å². The van der Waals surface area contributed by atoms with Gasteiger partial charge in [-0.15, -0.1) is 0 Å². The van der Waals surface area contributed by atoms with Crippen molar-refractivity contribution in [2.45, 2.75) is 57.7 Å². The molecule has 4 unspecified atom stereocenters. The van der Waals surface area contributed by atoms with Gasteiger partial charge in [-0.1, -0.05) is 13.8 Å². The summed E-state index contributed by atoms with van der Waals surface area (Å²) in [6, 6.07) is 0.623. The fraction of sp³-hybridized carbons (Fsp3) is 1.00. The Morgan fingerprint density at radius 1 is 1.33 bits per heavy atom. The SMILES string of the molecule is COCCN(CC1(N)C2CCOC2C1(C)C)C(C)C1CC1. The van der Waals surface area contributed by atoms with Gasteiger partial charge < -0.3 is 15.2 Å². The van der Waals surface area contributed by atoms with Crippen LogP contribution in [-0.4, -0.2) is 56.0 Å². The Morgan fingerprint density at radius 2 is 2.05 bits per heavy atom. The first-order valence-electron chi connectivity index (χ1n) is 8.55. The maximum Gasteiger partial charge on any atom is 0.0691 e. The maximum absolute atomic E-state index is 6.93. The molecule has 21 heavy (non-hydrogen) atoms.